The van der Waals surface area contributed by atoms with E-state index in [1.165, 1.54) is 29.1 Å². The molecule has 0 spiro atoms. The number of anilines is 1. The Bertz CT molecular complexity index is 698. The molecule has 0 radical (unpaired) electrons. The van der Waals surface area contributed by atoms with Crippen LogP contribution in [-0.2, 0) is 11.8 Å². The zero-order chi connectivity index (χ0) is 15.6. The molecule has 0 aliphatic rings. The first-order valence-corrected chi connectivity index (χ1v) is 6.34. The number of hydrogen-bond acceptors (Lipinski definition) is 4. The largest absolute Gasteiger partial charge is 0.478 e. The molecule has 0 fully saturated rings. The molecule has 1 aromatic heterocycles. The Labute approximate surface area is 125 Å². The number of carboxylic acids is 1. The van der Waals surface area contributed by atoms with Crippen molar-refractivity contribution in [2.24, 2.45) is 12.8 Å². The van der Waals surface area contributed by atoms with Crippen molar-refractivity contribution >= 4 is 29.2 Å². The van der Waals surface area contributed by atoms with Gasteiger partial charge in [-0.1, -0.05) is 11.6 Å². The summed E-state index contributed by atoms with van der Waals surface area (Å²) >= 11 is 5.94. The van der Waals surface area contributed by atoms with Crippen LogP contribution < -0.4 is 11.1 Å². The minimum Gasteiger partial charge on any atom is -0.478 e. The summed E-state index contributed by atoms with van der Waals surface area (Å²) in [6, 6.07) is 3.13. The molecule has 0 saturated carbocycles. The van der Waals surface area contributed by atoms with Crippen molar-refractivity contribution in [3.05, 3.63) is 46.7 Å². The number of rotatable bonds is 4. The molecule has 110 valence electrons. The van der Waals surface area contributed by atoms with E-state index in [0.29, 0.717) is 11.3 Å². The number of amides is 1. The first kappa shape index (κ1) is 15.0. The van der Waals surface area contributed by atoms with Gasteiger partial charge < -0.3 is 16.2 Å². The highest BCUT2D eigenvalue weighted by Gasteiger charge is 2.18. The van der Waals surface area contributed by atoms with E-state index in [1.807, 2.05) is 0 Å². The normalized spacial score (nSPS) is 12.0. The van der Waals surface area contributed by atoms with E-state index in [-0.39, 0.29) is 10.6 Å². The van der Waals surface area contributed by atoms with Gasteiger partial charge in [-0.25, -0.2) is 4.79 Å². The number of carboxylic acid groups (broad SMARTS) is 1. The highest BCUT2D eigenvalue weighted by atomic mass is 35.5. The number of hydrogen-bond donors (Lipinski definition) is 3. The second kappa shape index (κ2) is 5.94. The Kier molecular flexibility index (Phi) is 4.25. The smallest absolute Gasteiger partial charge is 0.335 e. The van der Waals surface area contributed by atoms with E-state index in [9.17, 15) is 9.59 Å². The third-order valence-corrected chi connectivity index (χ3v) is 3.15. The molecular formula is C13H13ClN4O3. The van der Waals surface area contributed by atoms with Gasteiger partial charge in [0.15, 0.2) is 0 Å². The van der Waals surface area contributed by atoms with Gasteiger partial charge in [-0.3, -0.25) is 9.48 Å². The van der Waals surface area contributed by atoms with Gasteiger partial charge in [0, 0.05) is 18.8 Å². The van der Waals surface area contributed by atoms with E-state index in [4.69, 9.17) is 22.4 Å². The fourth-order valence-corrected chi connectivity index (χ4v) is 1.94. The summed E-state index contributed by atoms with van der Waals surface area (Å²) in [6.45, 7) is 0. The predicted molar refractivity (Wildman–Crippen MR) is 77.2 cm³/mol. The minimum atomic E-state index is -1.10. The molecule has 1 heterocycles. The van der Waals surface area contributed by atoms with Crippen molar-refractivity contribution in [1.82, 2.24) is 9.78 Å². The van der Waals surface area contributed by atoms with Gasteiger partial charge in [-0.2, -0.15) is 5.10 Å². The van der Waals surface area contributed by atoms with Gasteiger partial charge in [0.2, 0.25) is 5.91 Å². The standard InChI is InChI=1S/C13H13ClN4O3/c1-18-6-8(5-16-18)11(15)12(19)17-10-3-2-7(13(20)21)4-9(10)14/h2-6,11H,15H2,1H3,(H,17,19)(H,20,21). The van der Waals surface area contributed by atoms with Crippen LogP contribution in [0.15, 0.2) is 30.6 Å². The molecule has 1 aromatic carbocycles. The molecule has 0 aliphatic heterocycles. The van der Waals surface area contributed by atoms with Crippen molar-refractivity contribution in [2.75, 3.05) is 5.32 Å². The van der Waals surface area contributed by atoms with E-state index in [2.05, 4.69) is 10.4 Å². The topological polar surface area (TPSA) is 110 Å². The summed E-state index contributed by atoms with van der Waals surface area (Å²) in [5.41, 5.74) is 6.72. The first-order chi connectivity index (χ1) is 9.88. The molecule has 2 rings (SSSR count). The Morgan fingerprint density at radius 3 is 2.71 bits per heavy atom. The molecule has 0 bridgehead atoms. The first-order valence-electron chi connectivity index (χ1n) is 5.96. The number of aryl methyl sites for hydroxylation is 1. The van der Waals surface area contributed by atoms with Crippen molar-refractivity contribution in [2.45, 2.75) is 6.04 Å². The zero-order valence-electron chi connectivity index (χ0n) is 11.1. The molecule has 21 heavy (non-hydrogen) atoms. The molecule has 0 saturated heterocycles. The van der Waals surface area contributed by atoms with Gasteiger partial charge in [-0.15, -0.1) is 0 Å². The second-order valence-electron chi connectivity index (χ2n) is 4.41. The summed E-state index contributed by atoms with van der Waals surface area (Å²) in [5, 5.41) is 15.5. The third kappa shape index (κ3) is 3.39. The number of aromatic carboxylic acids is 1. The molecule has 8 heteroatoms. The Morgan fingerprint density at radius 1 is 1.48 bits per heavy atom. The summed E-state index contributed by atoms with van der Waals surface area (Å²) in [5.74, 6) is -1.56. The number of nitrogens with two attached hydrogens (primary N) is 1. The fourth-order valence-electron chi connectivity index (χ4n) is 1.71. The van der Waals surface area contributed by atoms with Crippen molar-refractivity contribution in [1.29, 1.82) is 0 Å². The third-order valence-electron chi connectivity index (χ3n) is 2.84. The molecular weight excluding hydrogens is 296 g/mol. The van der Waals surface area contributed by atoms with Gasteiger partial charge in [0.25, 0.3) is 0 Å². The van der Waals surface area contributed by atoms with Crippen LogP contribution in [0.4, 0.5) is 5.69 Å². The number of nitrogens with zero attached hydrogens (tertiary/aromatic N) is 2. The Hall–Kier alpha value is -2.38. The van der Waals surface area contributed by atoms with E-state index < -0.39 is 17.9 Å². The molecule has 4 N–H and O–H groups in total. The van der Waals surface area contributed by atoms with Crippen molar-refractivity contribution in [3.8, 4) is 0 Å². The lowest BCUT2D eigenvalue weighted by molar-refractivity contribution is -0.117. The van der Waals surface area contributed by atoms with Crippen LogP contribution in [0.1, 0.15) is 22.0 Å². The van der Waals surface area contributed by atoms with Gasteiger partial charge >= 0.3 is 5.97 Å². The second-order valence-corrected chi connectivity index (χ2v) is 4.82. The van der Waals surface area contributed by atoms with Gasteiger partial charge in [0.05, 0.1) is 22.5 Å². The fraction of sp³-hybridized carbons (Fsp3) is 0.154. The minimum absolute atomic E-state index is 0.0366. The maximum atomic E-state index is 12.0. The molecule has 0 aliphatic carbocycles. The van der Waals surface area contributed by atoms with Crippen LogP contribution in [-0.4, -0.2) is 26.8 Å². The van der Waals surface area contributed by atoms with Crippen molar-refractivity contribution in [3.63, 3.8) is 0 Å². The maximum Gasteiger partial charge on any atom is 0.335 e. The number of nitrogens with one attached hydrogen (secondary N) is 1. The summed E-state index contributed by atoms with van der Waals surface area (Å²) in [6.07, 6.45) is 3.14. The lowest BCUT2D eigenvalue weighted by Gasteiger charge is -2.12. The Morgan fingerprint density at radius 2 is 2.19 bits per heavy atom. The van der Waals surface area contributed by atoms with E-state index >= 15 is 0 Å². The molecule has 1 unspecified atom stereocenters. The number of carbonyl (C=O) groups is 2. The monoisotopic (exact) mass is 308 g/mol. The molecule has 1 amide bonds. The van der Waals surface area contributed by atoms with E-state index in [1.54, 1.807) is 13.2 Å². The lowest BCUT2D eigenvalue weighted by atomic mass is 10.1. The predicted octanol–water partition coefficient (Wildman–Crippen LogP) is 1.41. The summed E-state index contributed by atoms with van der Waals surface area (Å²) in [7, 11) is 1.72. The van der Waals surface area contributed by atoms with Crippen LogP contribution in [0.3, 0.4) is 0 Å². The quantitative estimate of drug-likeness (QED) is 0.791. The van der Waals surface area contributed by atoms with Gasteiger partial charge in [-0.05, 0) is 18.2 Å². The number of halogens is 1. The van der Waals surface area contributed by atoms with Crippen molar-refractivity contribution < 1.29 is 14.7 Å². The number of benzene rings is 1. The zero-order valence-corrected chi connectivity index (χ0v) is 11.8. The average molecular weight is 309 g/mol. The van der Waals surface area contributed by atoms with E-state index in [0.717, 1.165) is 0 Å². The summed E-state index contributed by atoms with van der Waals surface area (Å²) < 4.78 is 1.54. The van der Waals surface area contributed by atoms with Crippen LogP contribution in [0.2, 0.25) is 5.02 Å². The number of aromatic nitrogens is 2. The van der Waals surface area contributed by atoms with Crippen LogP contribution in [0.5, 0.6) is 0 Å². The molecule has 2 aromatic rings. The highest BCUT2D eigenvalue weighted by Crippen LogP contribution is 2.24. The molecule has 7 nitrogen and oxygen atoms in total. The van der Waals surface area contributed by atoms with Crippen LogP contribution >= 0.6 is 11.6 Å². The average Bonchev–Trinajstić information content (AvgIpc) is 2.86. The summed E-state index contributed by atoms with van der Waals surface area (Å²) in [4.78, 5) is 22.9. The van der Waals surface area contributed by atoms with Gasteiger partial charge in [0.1, 0.15) is 6.04 Å². The SMILES string of the molecule is Cn1cc(C(N)C(=O)Nc2ccc(C(=O)O)cc2Cl)cn1. The van der Waals surface area contributed by atoms with Crippen LogP contribution in [0.25, 0.3) is 0 Å². The lowest BCUT2D eigenvalue weighted by Crippen LogP contribution is -2.27. The maximum absolute atomic E-state index is 12.0. The Balaban J connectivity index is 2.14. The number of carbonyl (C=O) groups excluding carboxylic acids is 1. The van der Waals surface area contributed by atoms with Crippen LogP contribution in [0, 0.1) is 0 Å². The highest BCUT2D eigenvalue weighted by molar-refractivity contribution is 6.34. The molecule has 1 atom stereocenters.